The molecule has 0 aromatic carbocycles. The second kappa shape index (κ2) is 5.77. The SMILES string of the molecule is CCS(=O)(=O)N1CCc2ncnc(-c3cnn(C)c3)c2CC1. The van der Waals surface area contributed by atoms with E-state index in [1.54, 1.807) is 28.4 Å². The van der Waals surface area contributed by atoms with Crippen LogP contribution in [-0.4, -0.2) is 51.3 Å². The van der Waals surface area contributed by atoms with Gasteiger partial charge in [0, 0.05) is 49.6 Å². The quantitative estimate of drug-likeness (QED) is 0.828. The van der Waals surface area contributed by atoms with Gasteiger partial charge in [-0.2, -0.15) is 5.10 Å². The first-order valence-electron chi connectivity index (χ1n) is 7.31. The fourth-order valence-electron chi connectivity index (χ4n) is 2.76. The number of aryl methyl sites for hydroxylation is 1. The molecule has 2 aromatic rings. The molecule has 0 fully saturated rings. The van der Waals surface area contributed by atoms with Crippen LogP contribution in [0.15, 0.2) is 18.7 Å². The molecule has 3 heterocycles. The Labute approximate surface area is 130 Å². The number of rotatable bonds is 3. The summed E-state index contributed by atoms with van der Waals surface area (Å²) >= 11 is 0. The molecule has 7 nitrogen and oxygen atoms in total. The van der Waals surface area contributed by atoms with Gasteiger partial charge in [-0.1, -0.05) is 0 Å². The molecule has 0 atom stereocenters. The van der Waals surface area contributed by atoms with Crippen molar-refractivity contribution in [3.63, 3.8) is 0 Å². The average molecular weight is 321 g/mol. The van der Waals surface area contributed by atoms with Crippen molar-refractivity contribution >= 4 is 10.0 Å². The van der Waals surface area contributed by atoms with E-state index in [1.807, 2.05) is 13.2 Å². The van der Waals surface area contributed by atoms with Crippen molar-refractivity contribution < 1.29 is 8.42 Å². The van der Waals surface area contributed by atoms with Gasteiger partial charge in [0.25, 0.3) is 0 Å². The van der Waals surface area contributed by atoms with Gasteiger partial charge < -0.3 is 0 Å². The van der Waals surface area contributed by atoms with Gasteiger partial charge >= 0.3 is 0 Å². The van der Waals surface area contributed by atoms with E-state index in [0.29, 0.717) is 25.9 Å². The molecular weight excluding hydrogens is 302 g/mol. The molecule has 8 heteroatoms. The van der Waals surface area contributed by atoms with E-state index in [1.165, 1.54) is 0 Å². The Kier molecular flexibility index (Phi) is 3.96. The maximum Gasteiger partial charge on any atom is 0.213 e. The van der Waals surface area contributed by atoms with Crippen LogP contribution in [0.3, 0.4) is 0 Å². The first-order chi connectivity index (χ1) is 10.5. The summed E-state index contributed by atoms with van der Waals surface area (Å²) in [5.74, 6) is 0.129. The third-order valence-electron chi connectivity index (χ3n) is 3.98. The van der Waals surface area contributed by atoms with Crippen molar-refractivity contribution in [1.29, 1.82) is 0 Å². The lowest BCUT2D eigenvalue weighted by atomic mass is 10.0. The highest BCUT2D eigenvalue weighted by atomic mass is 32.2. The fraction of sp³-hybridized carbons (Fsp3) is 0.500. The number of nitrogens with zero attached hydrogens (tertiary/aromatic N) is 5. The minimum Gasteiger partial charge on any atom is -0.275 e. The molecule has 0 amide bonds. The number of aromatic nitrogens is 4. The first kappa shape index (κ1) is 15.1. The van der Waals surface area contributed by atoms with Crippen molar-refractivity contribution in [2.24, 2.45) is 7.05 Å². The van der Waals surface area contributed by atoms with E-state index in [2.05, 4.69) is 15.1 Å². The Bertz CT molecular complexity index is 784. The Morgan fingerprint density at radius 3 is 2.68 bits per heavy atom. The summed E-state index contributed by atoms with van der Waals surface area (Å²) in [5, 5.41) is 4.18. The molecular formula is C14H19N5O2S. The van der Waals surface area contributed by atoms with Crippen LogP contribution in [0.2, 0.25) is 0 Å². The summed E-state index contributed by atoms with van der Waals surface area (Å²) in [6.07, 6.45) is 6.47. The summed E-state index contributed by atoms with van der Waals surface area (Å²) in [4.78, 5) is 8.75. The molecule has 0 aliphatic carbocycles. The summed E-state index contributed by atoms with van der Waals surface area (Å²) in [6.45, 7) is 2.63. The smallest absolute Gasteiger partial charge is 0.213 e. The van der Waals surface area contributed by atoms with Gasteiger partial charge in [0.15, 0.2) is 0 Å². The number of fused-ring (bicyclic) bond motifs is 1. The van der Waals surface area contributed by atoms with Crippen LogP contribution in [-0.2, 0) is 29.9 Å². The highest BCUT2D eigenvalue weighted by Crippen LogP contribution is 2.25. The summed E-state index contributed by atoms with van der Waals surface area (Å²) in [7, 11) is -1.31. The molecule has 1 aliphatic heterocycles. The van der Waals surface area contributed by atoms with Gasteiger partial charge in [-0.25, -0.2) is 22.7 Å². The summed E-state index contributed by atoms with van der Waals surface area (Å²) < 4.78 is 27.5. The van der Waals surface area contributed by atoms with E-state index in [-0.39, 0.29) is 5.75 Å². The zero-order chi connectivity index (χ0) is 15.7. The van der Waals surface area contributed by atoms with Gasteiger partial charge in [-0.3, -0.25) is 4.68 Å². The predicted octanol–water partition coefficient (Wildman–Crippen LogP) is 0.627. The monoisotopic (exact) mass is 321 g/mol. The van der Waals surface area contributed by atoms with Crippen molar-refractivity contribution in [3.8, 4) is 11.3 Å². The Morgan fingerprint density at radius 1 is 1.23 bits per heavy atom. The first-order valence-corrected chi connectivity index (χ1v) is 8.91. The van der Waals surface area contributed by atoms with Crippen LogP contribution in [0.4, 0.5) is 0 Å². The lowest BCUT2D eigenvalue weighted by Crippen LogP contribution is -2.34. The van der Waals surface area contributed by atoms with Crippen LogP contribution in [0.25, 0.3) is 11.3 Å². The van der Waals surface area contributed by atoms with E-state index >= 15 is 0 Å². The van der Waals surface area contributed by atoms with E-state index in [0.717, 1.165) is 22.5 Å². The second-order valence-corrected chi connectivity index (χ2v) is 7.61. The fourth-order valence-corrected chi connectivity index (χ4v) is 3.86. The van der Waals surface area contributed by atoms with Crippen LogP contribution < -0.4 is 0 Å². The third-order valence-corrected chi connectivity index (χ3v) is 5.86. The Balaban J connectivity index is 1.96. The standard InChI is InChI=1S/C14H19N5O2S/c1-3-22(20,21)19-6-4-12-13(5-7-19)15-10-16-14(12)11-8-17-18(2)9-11/h8-10H,3-7H2,1-2H3. The van der Waals surface area contributed by atoms with Gasteiger partial charge in [0.2, 0.25) is 10.0 Å². The molecule has 0 radical (unpaired) electrons. The van der Waals surface area contributed by atoms with Crippen LogP contribution in [0.5, 0.6) is 0 Å². The molecule has 22 heavy (non-hydrogen) atoms. The van der Waals surface area contributed by atoms with Gasteiger partial charge in [-0.15, -0.1) is 0 Å². The number of sulfonamides is 1. The van der Waals surface area contributed by atoms with Crippen molar-refractivity contribution in [2.75, 3.05) is 18.8 Å². The van der Waals surface area contributed by atoms with Crippen molar-refractivity contribution in [2.45, 2.75) is 19.8 Å². The van der Waals surface area contributed by atoms with E-state index < -0.39 is 10.0 Å². The normalized spacial score (nSPS) is 16.3. The van der Waals surface area contributed by atoms with Crippen molar-refractivity contribution in [3.05, 3.63) is 30.0 Å². The molecule has 0 N–H and O–H groups in total. The van der Waals surface area contributed by atoms with Gasteiger partial charge in [0.1, 0.15) is 6.33 Å². The predicted molar refractivity (Wildman–Crippen MR) is 82.7 cm³/mol. The number of hydrogen-bond acceptors (Lipinski definition) is 5. The maximum atomic E-state index is 12.1. The molecule has 0 spiro atoms. The molecule has 0 unspecified atom stereocenters. The molecule has 118 valence electrons. The minimum absolute atomic E-state index is 0.129. The zero-order valence-corrected chi connectivity index (χ0v) is 13.5. The van der Waals surface area contributed by atoms with E-state index in [4.69, 9.17) is 0 Å². The lowest BCUT2D eigenvalue weighted by Gasteiger charge is -2.18. The molecule has 3 rings (SSSR count). The van der Waals surface area contributed by atoms with Gasteiger partial charge in [0.05, 0.1) is 17.6 Å². The van der Waals surface area contributed by atoms with Crippen LogP contribution >= 0.6 is 0 Å². The Hall–Kier alpha value is -1.80. The molecule has 0 saturated heterocycles. The topological polar surface area (TPSA) is 81.0 Å². The average Bonchev–Trinajstić information content (AvgIpc) is 2.81. The molecule has 2 aromatic heterocycles. The summed E-state index contributed by atoms with van der Waals surface area (Å²) in [6, 6.07) is 0. The lowest BCUT2D eigenvalue weighted by molar-refractivity contribution is 0.427. The third kappa shape index (κ3) is 2.76. The van der Waals surface area contributed by atoms with Gasteiger partial charge in [-0.05, 0) is 13.3 Å². The van der Waals surface area contributed by atoms with Crippen LogP contribution in [0, 0.1) is 0 Å². The second-order valence-electron chi connectivity index (χ2n) is 5.35. The van der Waals surface area contributed by atoms with E-state index in [9.17, 15) is 8.42 Å². The largest absolute Gasteiger partial charge is 0.275 e. The molecule has 0 bridgehead atoms. The minimum atomic E-state index is -3.17. The zero-order valence-electron chi connectivity index (χ0n) is 12.7. The highest BCUT2D eigenvalue weighted by Gasteiger charge is 2.25. The van der Waals surface area contributed by atoms with Crippen LogP contribution in [0.1, 0.15) is 18.2 Å². The highest BCUT2D eigenvalue weighted by molar-refractivity contribution is 7.89. The molecule has 1 aliphatic rings. The summed E-state index contributed by atoms with van der Waals surface area (Å²) in [5.41, 5.74) is 3.76. The Morgan fingerprint density at radius 2 is 2.00 bits per heavy atom. The maximum absolute atomic E-state index is 12.1. The molecule has 0 saturated carbocycles. The van der Waals surface area contributed by atoms with Crippen molar-refractivity contribution in [1.82, 2.24) is 24.1 Å². The number of hydrogen-bond donors (Lipinski definition) is 0.